The summed E-state index contributed by atoms with van der Waals surface area (Å²) in [6, 6.07) is 0.211. The molecule has 41 heavy (non-hydrogen) atoms. The van der Waals surface area contributed by atoms with Gasteiger partial charge in [0.25, 0.3) is 17.4 Å². The van der Waals surface area contributed by atoms with Crippen LogP contribution in [0.2, 0.25) is 5.15 Å². The summed E-state index contributed by atoms with van der Waals surface area (Å²) in [4.78, 5) is 39.3. The molecule has 0 spiro atoms. The quantitative estimate of drug-likeness (QED) is 0.290. The van der Waals surface area contributed by atoms with Crippen LogP contribution in [-0.4, -0.2) is 54.0 Å². The summed E-state index contributed by atoms with van der Waals surface area (Å²) in [5.41, 5.74) is -1.07. The van der Waals surface area contributed by atoms with Crippen LogP contribution < -0.4 is 16.2 Å². The summed E-state index contributed by atoms with van der Waals surface area (Å²) in [7, 11) is 0. The molecule has 3 aromatic rings. The van der Waals surface area contributed by atoms with Gasteiger partial charge in [-0.15, -0.1) is 5.10 Å². The number of aromatic nitrogens is 6. The highest BCUT2D eigenvalue weighted by atomic mass is 35.5. The number of carbonyl (C=O) groups excluding carboxylic acids is 2. The normalized spacial score (nSPS) is 16.8. The van der Waals surface area contributed by atoms with Gasteiger partial charge in [0, 0.05) is 24.2 Å². The molecule has 3 N–H and O–H groups in total. The van der Waals surface area contributed by atoms with Crippen LogP contribution in [0.5, 0.6) is 0 Å². The van der Waals surface area contributed by atoms with E-state index in [0.29, 0.717) is 5.69 Å². The van der Waals surface area contributed by atoms with Crippen LogP contribution in [-0.2, 0) is 4.79 Å². The number of hydrogen-bond acceptors (Lipinski definition) is 6. The highest BCUT2D eigenvalue weighted by molar-refractivity contribution is 6.29. The van der Waals surface area contributed by atoms with Crippen LogP contribution in [0.25, 0.3) is 0 Å². The van der Waals surface area contributed by atoms with Gasteiger partial charge < -0.3 is 10.6 Å². The first kappa shape index (κ1) is 28.8. The Kier molecular flexibility index (Phi) is 8.20. The molecule has 5 rings (SSSR count). The Balaban J connectivity index is 1.42. The molecule has 2 aliphatic carbocycles. The maximum atomic E-state index is 15.0. The van der Waals surface area contributed by atoms with Crippen molar-refractivity contribution in [3.05, 3.63) is 57.2 Å². The van der Waals surface area contributed by atoms with E-state index in [1.165, 1.54) is 6.20 Å². The highest BCUT2D eigenvalue weighted by Crippen LogP contribution is 2.51. The number of H-pyrrole nitrogens is 1. The van der Waals surface area contributed by atoms with Gasteiger partial charge in [-0.05, 0) is 69.4 Å². The molecule has 0 aromatic carbocycles. The molecule has 2 saturated carbocycles. The number of nitrogens with one attached hydrogen (secondary N) is 3. The average molecular weight is 595 g/mol. The maximum Gasteiger partial charge on any atom is 0.270 e. The standard InChI is InChI=1S/C26H30ClF3N8O3/c1-12(2)38-17(7-8-31-38)25(40)33-22(21(13-3-4-13)14-5-6-14)26(41)32-16-11-37(36-23(16)30)18(10-20(28)29)15-9-19(27)34-35-24(15)39/h7-9,11-14,18,20-22H,3-6,10H2,1-2H3,(H,32,41)(H,33,40)(H,35,39)/t18-,22-/m0/s1. The Labute approximate surface area is 237 Å². The SMILES string of the molecule is CC(C)n1nccc1C(=O)N[C@H](C(=O)Nc1cn([C@@H](CC(F)F)c2cc(Cl)n[nH]c2=O)nc1F)C(C1CC1)C1CC1. The van der Waals surface area contributed by atoms with Crippen LogP contribution in [0.3, 0.4) is 0 Å². The van der Waals surface area contributed by atoms with Crippen molar-refractivity contribution in [1.82, 2.24) is 35.1 Å². The van der Waals surface area contributed by atoms with Crippen molar-refractivity contribution in [3.8, 4) is 0 Å². The highest BCUT2D eigenvalue weighted by Gasteiger charge is 2.48. The number of alkyl halides is 2. The first-order valence-corrected chi connectivity index (χ1v) is 13.8. The number of amides is 2. The van der Waals surface area contributed by atoms with E-state index in [-0.39, 0.29) is 40.2 Å². The molecular weight excluding hydrogens is 565 g/mol. The van der Waals surface area contributed by atoms with E-state index in [1.807, 2.05) is 13.8 Å². The number of hydrogen-bond donors (Lipinski definition) is 3. The third-order valence-electron chi connectivity index (χ3n) is 7.50. The molecule has 11 nitrogen and oxygen atoms in total. The first-order valence-electron chi connectivity index (χ1n) is 13.5. The van der Waals surface area contributed by atoms with Crippen LogP contribution in [0.1, 0.15) is 74.1 Å². The van der Waals surface area contributed by atoms with E-state index >= 15 is 4.39 Å². The van der Waals surface area contributed by atoms with Crippen molar-refractivity contribution in [1.29, 1.82) is 0 Å². The van der Waals surface area contributed by atoms with E-state index in [2.05, 4.69) is 31.0 Å². The van der Waals surface area contributed by atoms with Crippen LogP contribution in [0, 0.1) is 23.7 Å². The van der Waals surface area contributed by atoms with Gasteiger partial charge in [-0.2, -0.15) is 14.6 Å². The zero-order chi connectivity index (χ0) is 29.4. The van der Waals surface area contributed by atoms with E-state index in [1.54, 1.807) is 10.7 Å². The fraction of sp³-hybridized carbons (Fsp3) is 0.538. The van der Waals surface area contributed by atoms with Gasteiger partial charge in [-0.1, -0.05) is 11.6 Å². The number of anilines is 1. The van der Waals surface area contributed by atoms with Gasteiger partial charge >= 0.3 is 0 Å². The summed E-state index contributed by atoms with van der Waals surface area (Å²) in [6.07, 6.45) is 2.52. The molecule has 15 heteroatoms. The maximum absolute atomic E-state index is 15.0. The molecule has 0 bridgehead atoms. The predicted octanol–water partition coefficient (Wildman–Crippen LogP) is 3.95. The Hall–Kier alpha value is -3.68. The molecule has 2 atom stereocenters. The topological polar surface area (TPSA) is 140 Å². The lowest BCUT2D eigenvalue weighted by Gasteiger charge is -2.27. The molecular formula is C26H30ClF3N8O3. The summed E-state index contributed by atoms with van der Waals surface area (Å²) in [5.74, 6) is -1.90. The van der Waals surface area contributed by atoms with E-state index < -0.39 is 48.3 Å². The molecule has 3 aromatic heterocycles. The third kappa shape index (κ3) is 6.47. The van der Waals surface area contributed by atoms with Crippen LogP contribution >= 0.6 is 11.6 Å². The van der Waals surface area contributed by atoms with Crippen molar-refractivity contribution < 1.29 is 22.8 Å². The molecule has 3 heterocycles. The Bertz CT molecular complexity index is 1470. The average Bonchev–Trinajstić information content (AvgIpc) is 3.84. The summed E-state index contributed by atoms with van der Waals surface area (Å²) in [5, 5.41) is 18.7. The Morgan fingerprint density at radius 2 is 1.88 bits per heavy atom. The largest absolute Gasteiger partial charge is 0.339 e. The molecule has 0 saturated heterocycles. The fourth-order valence-corrected chi connectivity index (χ4v) is 5.52. The number of rotatable bonds is 12. The number of carbonyl (C=O) groups is 2. The second-order valence-electron chi connectivity index (χ2n) is 10.9. The lowest BCUT2D eigenvalue weighted by Crippen LogP contribution is -2.50. The van der Waals surface area contributed by atoms with Gasteiger partial charge in [-0.25, -0.2) is 13.9 Å². The third-order valence-corrected chi connectivity index (χ3v) is 7.70. The monoisotopic (exact) mass is 594 g/mol. The molecule has 0 radical (unpaired) electrons. The fourth-order valence-electron chi connectivity index (χ4n) is 5.36. The molecule has 0 aliphatic heterocycles. The minimum Gasteiger partial charge on any atom is -0.339 e. The number of nitrogens with zero attached hydrogens (tertiary/aromatic N) is 5. The molecule has 2 amide bonds. The van der Waals surface area contributed by atoms with Gasteiger partial charge in [-0.3, -0.25) is 23.7 Å². The summed E-state index contributed by atoms with van der Waals surface area (Å²) < 4.78 is 44.4. The van der Waals surface area contributed by atoms with Gasteiger partial charge in [0.15, 0.2) is 0 Å². The van der Waals surface area contributed by atoms with Crippen molar-refractivity contribution in [2.45, 2.75) is 70.5 Å². The van der Waals surface area contributed by atoms with Crippen molar-refractivity contribution >= 4 is 29.1 Å². The zero-order valence-electron chi connectivity index (χ0n) is 22.4. The predicted molar refractivity (Wildman–Crippen MR) is 142 cm³/mol. The Morgan fingerprint density at radius 3 is 2.49 bits per heavy atom. The molecule has 2 aliphatic rings. The Morgan fingerprint density at radius 1 is 1.20 bits per heavy atom. The van der Waals surface area contributed by atoms with Crippen molar-refractivity contribution in [2.24, 2.45) is 17.8 Å². The van der Waals surface area contributed by atoms with Gasteiger partial charge in [0.05, 0.1) is 12.2 Å². The first-order chi connectivity index (χ1) is 19.5. The van der Waals surface area contributed by atoms with Gasteiger partial charge in [0.2, 0.25) is 12.3 Å². The number of halogens is 4. The van der Waals surface area contributed by atoms with E-state index in [4.69, 9.17) is 11.6 Å². The molecule has 220 valence electrons. The lowest BCUT2D eigenvalue weighted by atomic mass is 9.88. The van der Waals surface area contributed by atoms with E-state index in [9.17, 15) is 23.2 Å². The van der Waals surface area contributed by atoms with Crippen LogP contribution in [0.4, 0.5) is 18.9 Å². The number of aromatic amines is 1. The minimum absolute atomic E-state index is 0.0932. The lowest BCUT2D eigenvalue weighted by molar-refractivity contribution is -0.119. The second-order valence-corrected chi connectivity index (χ2v) is 11.3. The summed E-state index contributed by atoms with van der Waals surface area (Å²) >= 11 is 5.85. The minimum atomic E-state index is -2.87. The molecule has 2 fully saturated rings. The van der Waals surface area contributed by atoms with Crippen molar-refractivity contribution in [2.75, 3.05) is 5.32 Å². The smallest absolute Gasteiger partial charge is 0.270 e. The zero-order valence-corrected chi connectivity index (χ0v) is 23.1. The van der Waals surface area contributed by atoms with E-state index in [0.717, 1.165) is 42.6 Å². The second kappa shape index (κ2) is 11.7. The van der Waals surface area contributed by atoms with Gasteiger partial charge in [0.1, 0.15) is 22.6 Å². The van der Waals surface area contributed by atoms with Crippen LogP contribution in [0.15, 0.2) is 29.3 Å². The van der Waals surface area contributed by atoms with Crippen molar-refractivity contribution in [3.63, 3.8) is 0 Å². The molecule has 0 unspecified atom stereocenters. The summed E-state index contributed by atoms with van der Waals surface area (Å²) in [6.45, 7) is 3.75.